The number of benzene rings is 1. The molecular formula is C22H25ClN6O. The van der Waals surface area contributed by atoms with Crippen LogP contribution in [0.4, 0.5) is 0 Å². The molecule has 1 atom stereocenters. The molecule has 1 amide bonds. The molecule has 1 unspecified atom stereocenters. The molecule has 3 aromatic rings. The van der Waals surface area contributed by atoms with Crippen LogP contribution in [-0.4, -0.2) is 48.4 Å². The Kier molecular flexibility index (Phi) is 5.29. The summed E-state index contributed by atoms with van der Waals surface area (Å²) in [5.74, 6) is 2.43. The molecule has 8 heteroatoms. The fraction of sp³-hybridized carbons (Fsp3) is 0.455. The number of hydrogen-bond donors (Lipinski definition) is 0. The number of amides is 1. The Morgan fingerprint density at radius 1 is 1.03 bits per heavy atom. The molecule has 7 nitrogen and oxygen atoms in total. The summed E-state index contributed by atoms with van der Waals surface area (Å²) in [5.41, 5.74) is 1.48. The first-order valence-corrected chi connectivity index (χ1v) is 11.1. The molecule has 2 aliphatic rings. The minimum Gasteiger partial charge on any atom is -0.338 e. The summed E-state index contributed by atoms with van der Waals surface area (Å²) in [7, 11) is 0. The first kappa shape index (κ1) is 19.3. The summed E-state index contributed by atoms with van der Waals surface area (Å²) in [6, 6.07) is 7.41. The van der Waals surface area contributed by atoms with Crippen molar-refractivity contribution in [2.45, 2.75) is 51.0 Å². The van der Waals surface area contributed by atoms with Crippen molar-refractivity contribution in [3.05, 3.63) is 58.9 Å². The Morgan fingerprint density at radius 2 is 1.90 bits per heavy atom. The van der Waals surface area contributed by atoms with Gasteiger partial charge in [0.25, 0.3) is 5.91 Å². The summed E-state index contributed by atoms with van der Waals surface area (Å²) in [5, 5.41) is 14.0. The van der Waals surface area contributed by atoms with Gasteiger partial charge in [-0.1, -0.05) is 18.0 Å². The van der Waals surface area contributed by atoms with Crippen LogP contribution in [0.5, 0.6) is 0 Å². The lowest BCUT2D eigenvalue weighted by atomic mass is 9.96. The molecule has 4 heterocycles. The van der Waals surface area contributed by atoms with Gasteiger partial charge in [-0.05, 0) is 49.9 Å². The van der Waals surface area contributed by atoms with E-state index < -0.39 is 0 Å². The first-order chi connectivity index (χ1) is 14.7. The third-order valence-electron chi connectivity index (χ3n) is 6.13. The monoisotopic (exact) mass is 424 g/mol. The van der Waals surface area contributed by atoms with Gasteiger partial charge < -0.3 is 9.47 Å². The number of nitrogens with zero attached hydrogens (tertiary/aromatic N) is 6. The second-order valence-electron chi connectivity index (χ2n) is 8.18. The number of aryl methyl sites for hydroxylation is 1. The minimum absolute atomic E-state index is 0.0236. The van der Waals surface area contributed by atoms with Gasteiger partial charge in [0.1, 0.15) is 11.6 Å². The molecule has 2 aliphatic heterocycles. The van der Waals surface area contributed by atoms with Gasteiger partial charge in [0, 0.05) is 43.2 Å². The predicted molar refractivity (Wildman–Crippen MR) is 114 cm³/mol. The topological polar surface area (TPSA) is 68.8 Å². The van der Waals surface area contributed by atoms with Crippen molar-refractivity contribution in [1.82, 2.24) is 29.4 Å². The molecule has 0 aliphatic carbocycles. The number of carbonyl (C=O) groups is 1. The zero-order valence-corrected chi connectivity index (χ0v) is 17.6. The highest BCUT2D eigenvalue weighted by atomic mass is 35.5. The molecule has 30 heavy (non-hydrogen) atoms. The van der Waals surface area contributed by atoms with Crippen LogP contribution in [0.1, 0.15) is 60.0 Å². The van der Waals surface area contributed by atoms with Crippen molar-refractivity contribution in [2.75, 3.05) is 13.1 Å². The van der Waals surface area contributed by atoms with Crippen molar-refractivity contribution < 1.29 is 4.79 Å². The summed E-state index contributed by atoms with van der Waals surface area (Å²) in [6.45, 7) is 2.45. The maximum atomic E-state index is 13.2. The Balaban J connectivity index is 1.32. The predicted octanol–water partition coefficient (Wildman–Crippen LogP) is 3.86. The third kappa shape index (κ3) is 3.74. The van der Waals surface area contributed by atoms with Crippen LogP contribution in [0.2, 0.25) is 5.02 Å². The number of halogens is 1. The Hall–Kier alpha value is -2.67. The average molecular weight is 425 g/mol. The van der Waals surface area contributed by atoms with Crippen LogP contribution in [-0.2, 0) is 13.0 Å². The molecule has 5 rings (SSSR count). The maximum absolute atomic E-state index is 13.2. The van der Waals surface area contributed by atoms with Gasteiger partial charge in [-0.25, -0.2) is 4.68 Å². The van der Waals surface area contributed by atoms with E-state index >= 15 is 0 Å². The molecule has 1 aromatic carbocycles. The molecule has 1 fully saturated rings. The second-order valence-corrected chi connectivity index (χ2v) is 8.61. The fourth-order valence-corrected chi connectivity index (χ4v) is 4.66. The number of carbonyl (C=O) groups excluding carboxylic acids is 1. The smallest absolute Gasteiger partial charge is 0.257 e. The van der Waals surface area contributed by atoms with E-state index in [-0.39, 0.29) is 11.8 Å². The fourth-order valence-electron chi connectivity index (χ4n) is 4.53. The first-order valence-electron chi connectivity index (χ1n) is 10.7. The molecule has 0 bridgehead atoms. The van der Waals surface area contributed by atoms with Crippen molar-refractivity contribution in [2.24, 2.45) is 0 Å². The van der Waals surface area contributed by atoms with E-state index in [9.17, 15) is 4.79 Å². The summed E-state index contributed by atoms with van der Waals surface area (Å²) in [4.78, 5) is 15.1. The maximum Gasteiger partial charge on any atom is 0.257 e. The molecule has 156 valence electrons. The van der Waals surface area contributed by atoms with Gasteiger partial charge in [0.2, 0.25) is 0 Å². The van der Waals surface area contributed by atoms with E-state index in [2.05, 4.69) is 19.9 Å². The minimum atomic E-state index is 0.0236. The van der Waals surface area contributed by atoms with E-state index in [4.69, 9.17) is 11.6 Å². The van der Waals surface area contributed by atoms with Gasteiger partial charge in [-0.2, -0.15) is 5.10 Å². The Morgan fingerprint density at radius 3 is 2.77 bits per heavy atom. The van der Waals surface area contributed by atoms with Crippen molar-refractivity contribution in [3.8, 4) is 5.69 Å². The van der Waals surface area contributed by atoms with Gasteiger partial charge in [-0.3, -0.25) is 4.79 Å². The van der Waals surface area contributed by atoms with E-state index in [0.29, 0.717) is 17.1 Å². The molecular weight excluding hydrogens is 400 g/mol. The van der Waals surface area contributed by atoms with Gasteiger partial charge >= 0.3 is 0 Å². The van der Waals surface area contributed by atoms with E-state index in [0.717, 1.165) is 49.7 Å². The third-order valence-corrected chi connectivity index (χ3v) is 6.38. The summed E-state index contributed by atoms with van der Waals surface area (Å²) >= 11 is 5.96. The Labute approximate surface area is 180 Å². The lowest BCUT2D eigenvalue weighted by molar-refractivity contribution is 0.0703. The van der Waals surface area contributed by atoms with Crippen LogP contribution in [0.25, 0.3) is 5.69 Å². The van der Waals surface area contributed by atoms with Gasteiger partial charge in [-0.15, -0.1) is 10.2 Å². The van der Waals surface area contributed by atoms with E-state index in [1.54, 1.807) is 17.1 Å². The number of rotatable bonds is 3. The highest BCUT2D eigenvalue weighted by Gasteiger charge is 2.30. The van der Waals surface area contributed by atoms with Crippen LogP contribution in [0.3, 0.4) is 0 Å². The molecule has 2 aromatic heterocycles. The quantitative estimate of drug-likeness (QED) is 0.640. The number of aromatic nitrogens is 5. The number of hydrogen-bond acceptors (Lipinski definition) is 4. The van der Waals surface area contributed by atoms with Crippen molar-refractivity contribution >= 4 is 17.5 Å². The normalized spacial score (nSPS) is 19.4. The zero-order chi connectivity index (χ0) is 20.5. The molecule has 0 radical (unpaired) electrons. The SMILES string of the molecule is O=C(c1cnn(-c2ccc(Cl)cc2)c1)N1CCCC(c2nnc3n2CCCCC3)C1. The second kappa shape index (κ2) is 8.22. The Bertz CT molecular complexity index is 1040. The lowest BCUT2D eigenvalue weighted by Gasteiger charge is -2.32. The van der Waals surface area contributed by atoms with Gasteiger partial charge in [0.05, 0.1) is 17.4 Å². The number of fused-ring (bicyclic) bond motifs is 1. The van der Waals surface area contributed by atoms with Crippen molar-refractivity contribution in [3.63, 3.8) is 0 Å². The standard InChI is InChI=1S/C22H25ClN6O/c23-18-7-9-19(10-8-18)29-15-17(13-24-29)22(30)27-11-4-5-16(14-27)21-26-25-20-6-2-1-3-12-28(20)21/h7-10,13,15-16H,1-6,11-12,14H2. The lowest BCUT2D eigenvalue weighted by Crippen LogP contribution is -2.39. The van der Waals surface area contributed by atoms with Crippen LogP contribution >= 0.6 is 11.6 Å². The summed E-state index contributed by atoms with van der Waals surface area (Å²) in [6.07, 6.45) is 10.1. The zero-order valence-electron chi connectivity index (χ0n) is 16.9. The highest BCUT2D eigenvalue weighted by molar-refractivity contribution is 6.30. The van der Waals surface area contributed by atoms with Crippen LogP contribution in [0, 0.1) is 0 Å². The average Bonchev–Trinajstić information content (AvgIpc) is 3.36. The van der Waals surface area contributed by atoms with E-state index in [1.165, 1.54) is 19.3 Å². The number of likely N-dealkylation sites (tertiary alicyclic amines) is 1. The van der Waals surface area contributed by atoms with E-state index in [1.807, 2.05) is 29.2 Å². The molecule has 1 saturated heterocycles. The molecule has 0 N–H and O–H groups in total. The highest BCUT2D eigenvalue weighted by Crippen LogP contribution is 2.29. The van der Waals surface area contributed by atoms with Crippen molar-refractivity contribution in [1.29, 1.82) is 0 Å². The number of piperidine rings is 1. The molecule has 0 spiro atoms. The largest absolute Gasteiger partial charge is 0.338 e. The van der Waals surface area contributed by atoms with Crippen LogP contribution in [0.15, 0.2) is 36.7 Å². The molecule has 0 saturated carbocycles. The summed E-state index contributed by atoms with van der Waals surface area (Å²) < 4.78 is 4.02. The van der Waals surface area contributed by atoms with Crippen LogP contribution < -0.4 is 0 Å². The van der Waals surface area contributed by atoms with Gasteiger partial charge in [0.15, 0.2) is 0 Å².